The predicted molar refractivity (Wildman–Crippen MR) is 96.6 cm³/mol. The van der Waals surface area contributed by atoms with E-state index in [-0.39, 0.29) is 5.91 Å². The highest BCUT2D eigenvalue weighted by molar-refractivity contribution is 7.10. The maximum atomic E-state index is 13.0. The van der Waals surface area contributed by atoms with Crippen molar-refractivity contribution in [2.24, 2.45) is 0 Å². The molecule has 0 unspecified atom stereocenters. The number of rotatable bonds is 4. The van der Waals surface area contributed by atoms with Gasteiger partial charge in [0.05, 0.1) is 12.1 Å². The van der Waals surface area contributed by atoms with Gasteiger partial charge in [-0.2, -0.15) is 11.3 Å². The topological polar surface area (TPSA) is 38.8 Å². The lowest BCUT2D eigenvalue weighted by atomic mass is 10.2. The summed E-state index contributed by atoms with van der Waals surface area (Å²) in [4.78, 5) is 15.9. The summed E-state index contributed by atoms with van der Waals surface area (Å²) in [7, 11) is 0. The first-order valence-corrected chi connectivity index (χ1v) is 9.39. The van der Waals surface area contributed by atoms with Gasteiger partial charge in [-0.25, -0.2) is 0 Å². The van der Waals surface area contributed by atoms with Crippen LogP contribution in [0, 0.1) is 0 Å². The van der Waals surface area contributed by atoms with E-state index in [0.717, 1.165) is 16.3 Å². The fourth-order valence-electron chi connectivity index (χ4n) is 2.58. The molecule has 4 nitrogen and oxygen atoms in total. The van der Waals surface area contributed by atoms with E-state index in [0.29, 0.717) is 31.1 Å². The molecule has 0 N–H and O–H groups in total. The molecule has 1 aliphatic rings. The number of fused-ring (bicyclic) bond motifs is 1. The Balaban J connectivity index is 1.70. The summed E-state index contributed by atoms with van der Waals surface area (Å²) in [5.41, 5.74) is 1.51. The highest BCUT2D eigenvalue weighted by atomic mass is 32.1. The van der Waals surface area contributed by atoms with E-state index in [1.807, 2.05) is 52.5 Å². The van der Waals surface area contributed by atoms with Crippen LogP contribution in [0.3, 0.4) is 0 Å². The molecule has 3 aromatic rings. The first-order chi connectivity index (χ1) is 11.8. The molecule has 122 valence electrons. The molecule has 0 spiro atoms. The molecule has 0 saturated heterocycles. The molecule has 0 bridgehead atoms. The van der Waals surface area contributed by atoms with Crippen molar-refractivity contribution in [3.63, 3.8) is 0 Å². The number of hydrogen-bond acceptors (Lipinski definition) is 5. The fraction of sp³-hybridized carbons (Fsp3) is 0.167. The lowest BCUT2D eigenvalue weighted by Gasteiger charge is -2.25. The van der Waals surface area contributed by atoms with Crippen LogP contribution in [0.2, 0.25) is 0 Å². The van der Waals surface area contributed by atoms with E-state index in [1.54, 1.807) is 16.2 Å². The number of carbonyl (C=O) groups excluding carboxylic acids is 1. The van der Waals surface area contributed by atoms with Gasteiger partial charge in [-0.05, 0) is 35.0 Å². The van der Waals surface area contributed by atoms with Gasteiger partial charge in [0.2, 0.25) is 0 Å². The maximum Gasteiger partial charge on any atom is 0.259 e. The molecule has 24 heavy (non-hydrogen) atoms. The van der Waals surface area contributed by atoms with Crippen molar-refractivity contribution in [2.75, 3.05) is 18.1 Å². The summed E-state index contributed by atoms with van der Waals surface area (Å²) < 4.78 is 11.2. The number of anilines is 1. The van der Waals surface area contributed by atoms with Crippen LogP contribution < -0.4 is 14.4 Å². The van der Waals surface area contributed by atoms with Gasteiger partial charge in [0.25, 0.3) is 5.91 Å². The van der Waals surface area contributed by atoms with Gasteiger partial charge < -0.3 is 14.4 Å². The quantitative estimate of drug-likeness (QED) is 0.693. The van der Waals surface area contributed by atoms with E-state index < -0.39 is 0 Å². The third-order valence-electron chi connectivity index (χ3n) is 3.74. The molecule has 0 saturated carbocycles. The number of nitrogens with zero attached hydrogens (tertiary/aromatic N) is 1. The lowest BCUT2D eigenvalue weighted by molar-refractivity contribution is 0.0985. The Hall–Kier alpha value is -2.31. The minimum atomic E-state index is -0.0127. The van der Waals surface area contributed by atoms with Crippen molar-refractivity contribution in [3.05, 3.63) is 63.0 Å². The van der Waals surface area contributed by atoms with Gasteiger partial charge in [-0.1, -0.05) is 6.07 Å². The summed E-state index contributed by atoms with van der Waals surface area (Å²) in [5, 5.41) is 5.81. The van der Waals surface area contributed by atoms with Crippen LogP contribution in [0.25, 0.3) is 0 Å². The summed E-state index contributed by atoms with van der Waals surface area (Å²) in [6.45, 7) is 1.62. The first-order valence-electron chi connectivity index (χ1n) is 7.57. The van der Waals surface area contributed by atoms with E-state index in [1.165, 1.54) is 11.3 Å². The van der Waals surface area contributed by atoms with Crippen molar-refractivity contribution >= 4 is 34.3 Å². The van der Waals surface area contributed by atoms with Gasteiger partial charge in [0.15, 0.2) is 11.5 Å². The third-order valence-corrected chi connectivity index (χ3v) is 5.29. The van der Waals surface area contributed by atoms with Crippen molar-refractivity contribution < 1.29 is 14.3 Å². The van der Waals surface area contributed by atoms with E-state index in [2.05, 4.69) is 0 Å². The van der Waals surface area contributed by atoms with Gasteiger partial charge in [0, 0.05) is 22.0 Å². The number of benzene rings is 1. The molecule has 2 aromatic heterocycles. The van der Waals surface area contributed by atoms with Crippen molar-refractivity contribution in [1.29, 1.82) is 0 Å². The zero-order valence-electron chi connectivity index (χ0n) is 12.8. The summed E-state index contributed by atoms with van der Waals surface area (Å²) in [6, 6.07) is 11.5. The van der Waals surface area contributed by atoms with Crippen LogP contribution in [0.4, 0.5) is 5.69 Å². The molecule has 1 aliphatic heterocycles. The van der Waals surface area contributed by atoms with Gasteiger partial charge in [0.1, 0.15) is 13.2 Å². The average molecular weight is 357 g/mol. The van der Waals surface area contributed by atoms with Crippen LogP contribution in [0.1, 0.15) is 15.2 Å². The van der Waals surface area contributed by atoms with Crippen LogP contribution in [0.5, 0.6) is 11.5 Å². The van der Waals surface area contributed by atoms with Crippen molar-refractivity contribution in [1.82, 2.24) is 0 Å². The molecule has 0 aliphatic carbocycles. The van der Waals surface area contributed by atoms with Gasteiger partial charge >= 0.3 is 0 Å². The zero-order chi connectivity index (χ0) is 16.4. The van der Waals surface area contributed by atoms with Crippen molar-refractivity contribution in [2.45, 2.75) is 6.54 Å². The molecule has 0 fully saturated rings. The lowest BCUT2D eigenvalue weighted by Crippen LogP contribution is -2.30. The second-order valence-electron chi connectivity index (χ2n) is 5.31. The fourth-order valence-corrected chi connectivity index (χ4v) is 3.90. The Morgan fingerprint density at radius 3 is 2.71 bits per heavy atom. The average Bonchev–Trinajstić information content (AvgIpc) is 3.32. The Labute approximate surface area is 147 Å². The number of carbonyl (C=O) groups is 1. The smallest absolute Gasteiger partial charge is 0.259 e. The molecule has 4 rings (SSSR count). The summed E-state index contributed by atoms with van der Waals surface area (Å²) >= 11 is 3.16. The Bertz CT molecular complexity index is 828. The van der Waals surface area contributed by atoms with Crippen LogP contribution in [-0.4, -0.2) is 19.1 Å². The minimum Gasteiger partial charge on any atom is -0.486 e. The van der Waals surface area contributed by atoms with Crippen LogP contribution in [0.15, 0.2) is 52.5 Å². The SMILES string of the molecule is O=C(c1ccsc1)N(Cc1cccs1)c1ccc2c(c1)OCCO2. The largest absolute Gasteiger partial charge is 0.486 e. The van der Waals surface area contributed by atoms with Gasteiger partial charge in [-0.15, -0.1) is 11.3 Å². The third kappa shape index (κ3) is 3.02. The highest BCUT2D eigenvalue weighted by Crippen LogP contribution is 2.35. The molecule has 6 heteroatoms. The first kappa shape index (κ1) is 15.2. The summed E-state index contributed by atoms with van der Waals surface area (Å²) in [5.74, 6) is 1.40. The number of hydrogen-bond donors (Lipinski definition) is 0. The van der Waals surface area contributed by atoms with Crippen molar-refractivity contribution in [3.8, 4) is 11.5 Å². The molecule has 0 atom stereocenters. The Kier molecular flexibility index (Phi) is 4.23. The second kappa shape index (κ2) is 6.67. The van der Waals surface area contributed by atoms with E-state index in [4.69, 9.17) is 9.47 Å². The minimum absolute atomic E-state index is 0.0127. The molecule has 0 radical (unpaired) electrons. The van der Waals surface area contributed by atoms with E-state index in [9.17, 15) is 4.79 Å². The zero-order valence-corrected chi connectivity index (χ0v) is 14.4. The van der Waals surface area contributed by atoms with E-state index >= 15 is 0 Å². The second-order valence-corrected chi connectivity index (χ2v) is 7.12. The molecular weight excluding hydrogens is 342 g/mol. The Morgan fingerprint density at radius 1 is 1.08 bits per heavy atom. The normalized spacial score (nSPS) is 12.8. The highest BCUT2D eigenvalue weighted by Gasteiger charge is 2.21. The standard InChI is InChI=1S/C18H15NO3S2/c20-18(13-5-9-23-12-13)19(11-15-2-1-8-24-15)14-3-4-16-17(10-14)22-7-6-21-16/h1-5,8-10,12H,6-7,11H2. The number of ether oxygens (including phenoxy) is 2. The molecular formula is C18H15NO3S2. The van der Waals surface area contributed by atoms with Crippen LogP contribution >= 0.6 is 22.7 Å². The number of amides is 1. The monoisotopic (exact) mass is 357 g/mol. The van der Waals surface area contributed by atoms with Gasteiger partial charge in [-0.3, -0.25) is 4.79 Å². The molecule has 1 amide bonds. The summed E-state index contributed by atoms with van der Waals surface area (Å²) in [6.07, 6.45) is 0. The molecule has 3 heterocycles. The Morgan fingerprint density at radius 2 is 1.96 bits per heavy atom. The predicted octanol–water partition coefficient (Wildman–Crippen LogP) is 4.43. The maximum absolute atomic E-state index is 13.0. The number of thiophene rings is 2. The molecule has 1 aromatic carbocycles. The van der Waals surface area contributed by atoms with Crippen LogP contribution in [-0.2, 0) is 6.54 Å².